The molecule has 0 aliphatic rings. The molecule has 0 spiro atoms. The van der Waals surface area contributed by atoms with Crippen LogP contribution in [0.4, 0.5) is 0 Å². The van der Waals surface area contributed by atoms with Crippen LogP contribution in [0.2, 0.25) is 0 Å². The summed E-state index contributed by atoms with van der Waals surface area (Å²) >= 11 is 1.63. The molecule has 0 radical (unpaired) electrons. The fourth-order valence-corrected chi connectivity index (χ4v) is 4.56. The lowest BCUT2D eigenvalue weighted by atomic mass is 10.1. The molecule has 0 saturated heterocycles. The summed E-state index contributed by atoms with van der Waals surface area (Å²) in [5.41, 5.74) is 4.35. The third kappa shape index (κ3) is 5.90. The van der Waals surface area contributed by atoms with Gasteiger partial charge in [0.05, 0.1) is 6.04 Å². The minimum absolute atomic E-state index is 0.00389. The van der Waals surface area contributed by atoms with E-state index < -0.39 is 0 Å². The third-order valence-corrected chi connectivity index (χ3v) is 6.40. The van der Waals surface area contributed by atoms with Gasteiger partial charge in [-0.25, -0.2) is 0 Å². The van der Waals surface area contributed by atoms with Crippen LogP contribution in [0.1, 0.15) is 36.9 Å². The molecule has 1 unspecified atom stereocenters. The summed E-state index contributed by atoms with van der Waals surface area (Å²) in [6.45, 7) is 4.09. The van der Waals surface area contributed by atoms with E-state index in [0.717, 1.165) is 40.0 Å². The fraction of sp³-hybridized carbons (Fsp3) is 0.222. The number of hydrogen-bond acceptors (Lipinski definition) is 4. The molecular formula is C27H28N4OS. The summed E-state index contributed by atoms with van der Waals surface area (Å²) in [4.78, 5) is 12.4. The summed E-state index contributed by atoms with van der Waals surface area (Å²) in [5, 5.41) is 12.9. The Labute approximate surface area is 199 Å². The van der Waals surface area contributed by atoms with E-state index in [4.69, 9.17) is 0 Å². The molecule has 168 valence electrons. The summed E-state index contributed by atoms with van der Waals surface area (Å²) in [6.07, 6.45) is 1.24. The quantitative estimate of drug-likeness (QED) is 0.248. The van der Waals surface area contributed by atoms with Gasteiger partial charge in [-0.3, -0.25) is 9.36 Å². The maximum absolute atomic E-state index is 12.4. The second kappa shape index (κ2) is 11.0. The van der Waals surface area contributed by atoms with E-state index in [1.54, 1.807) is 11.8 Å². The first-order valence-corrected chi connectivity index (χ1v) is 12.2. The Morgan fingerprint density at radius 1 is 0.970 bits per heavy atom. The number of nitrogens with zero attached hydrogens (tertiary/aromatic N) is 3. The third-order valence-electron chi connectivity index (χ3n) is 5.38. The number of aryl methyl sites for hydroxylation is 1. The Hall–Kier alpha value is -3.38. The van der Waals surface area contributed by atoms with Crippen LogP contribution in [0.15, 0.2) is 90.1 Å². The molecule has 4 rings (SSSR count). The molecule has 0 aliphatic carbocycles. The summed E-state index contributed by atoms with van der Waals surface area (Å²) in [6, 6.07) is 28.5. The Morgan fingerprint density at radius 2 is 1.70 bits per heavy atom. The molecule has 0 saturated carbocycles. The lowest BCUT2D eigenvalue weighted by Gasteiger charge is -2.14. The minimum atomic E-state index is 0.00389. The van der Waals surface area contributed by atoms with E-state index in [-0.39, 0.29) is 11.9 Å². The maximum atomic E-state index is 12.4. The van der Waals surface area contributed by atoms with Gasteiger partial charge in [-0.15, -0.1) is 10.2 Å². The van der Waals surface area contributed by atoms with Gasteiger partial charge in [0, 0.05) is 23.4 Å². The molecule has 1 heterocycles. The second-order valence-corrected chi connectivity index (χ2v) is 9.06. The van der Waals surface area contributed by atoms with Gasteiger partial charge in [-0.05, 0) is 43.5 Å². The molecule has 33 heavy (non-hydrogen) atoms. The van der Waals surface area contributed by atoms with Gasteiger partial charge in [-0.2, -0.15) is 0 Å². The molecule has 5 nitrogen and oxygen atoms in total. The van der Waals surface area contributed by atoms with E-state index in [2.05, 4.69) is 45.2 Å². The first kappa shape index (κ1) is 22.8. The number of rotatable bonds is 9. The van der Waals surface area contributed by atoms with Crippen molar-refractivity contribution in [2.45, 2.75) is 37.9 Å². The highest BCUT2D eigenvalue weighted by atomic mass is 32.2. The largest absolute Gasteiger partial charge is 0.350 e. The summed E-state index contributed by atoms with van der Waals surface area (Å²) in [7, 11) is 0. The highest BCUT2D eigenvalue weighted by Gasteiger charge is 2.16. The number of thioether (sulfide) groups is 1. The van der Waals surface area contributed by atoms with Crippen molar-refractivity contribution in [2.75, 3.05) is 5.75 Å². The molecule has 1 atom stereocenters. The van der Waals surface area contributed by atoms with Crippen LogP contribution in [0.3, 0.4) is 0 Å². The molecule has 0 fully saturated rings. The van der Waals surface area contributed by atoms with Gasteiger partial charge in [0.25, 0.3) is 0 Å². The van der Waals surface area contributed by atoms with Gasteiger partial charge in [-0.1, -0.05) is 84.6 Å². The monoisotopic (exact) mass is 456 g/mol. The first-order valence-electron chi connectivity index (χ1n) is 11.2. The predicted octanol–water partition coefficient (Wildman–Crippen LogP) is 5.99. The topological polar surface area (TPSA) is 59.8 Å². The number of amides is 1. The Bertz CT molecular complexity index is 1190. The maximum Gasteiger partial charge on any atom is 0.220 e. The molecule has 0 aliphatic heterocycles. The van der Waals surface area contributed by atoms with Gasteiger partial charge in [0.15, 0.2) is 11.0 Å². The molecule has 3 aromatic carbocycles. The average molecular weight is 457 g/mol. The highest BCUT2D eigenvalue weighted by molar-refractivity contribution is 7.99. The van der Waals surface area contributed by atoms with Crippen LogP contribution in [-0.2, 0) is 4.79 Å². The van der Waals surface area contributed by atoms with Crippen LogP contribution in [0, 0.1) is 6.92 Å². The van der Waals surface area contributed by atoms with Crippen molar-refractivity contribution in [3.05, 3.63) is 96.1 Å². The van der Waals surface area contributed by atoms with Crippen molar-refractivity contribution < 1.29 is 4.79 Å². The zero-order chi connectivity index (χ0) is 23.0. The van der Waals surface area contributed by atoms with Crippen molar-refractivity contribution >= 4 is 17.7 Å². The lowest BCUT2D eigenvalue weighted by molar-refractivity contribution is -0.121. The molecule has 1 aromatic heterocycles. The van der Waals surface area contributed by atoms with E-state index in [1.807, 2.05) is 73.7 Å². The SMILES string of the molecule is Cc1cccc(-n2c(SCCCC(=O)NC(C)c3ccccc3)nnc2-c2ccccc2)c1. The molecule has 1 N–H and O–H groups in total. The molecular weight excluding hydrogens is 428 g/mol. The average Bonchev–Trinajstić information content (AvgIpc) is 3.27. The standard InChI is InChI=1S/C27H28N4OS/c1-20-11-9-16-24(19-20)31-26(23-14-7-4-8-15-23)29-30-27(31)33-18-10-17-25(32)28-21(2)22-12-5-3-6-13-22/h3-9,11-16,19,21H,10,17-18H2,1-2H3,(H,28,32). The van der Waals surface area contributed by atoms with Crippen LogP contribution in [0.5, 0.6) is 0 Å². The van der Waals surface area contributed by atoms with Crippen molar-refractivity contribution in [3.63, 3.8) is 0 Å². The number of benzene rings is 3. The van der Waals surface area contributed by atoms with Crippen molar-refractivity contribution in [3.8, 4) is 17.1 Å². The van der Waals surface area contributed by atoms with Gasteiger partial charge in [0.1, 0.15) is 0 Å². The smallest absolute Gasteiger partial charge is 0.220 e. The van der Waals surface area contributed by atoms with Crippen molar-refractivity contribution in [1.82, 2.24) is 20.1 Å². The zero-order valence-electron chi connectivity index (χ0n) is 18.9. The molecule has 1 amide bonds. The van der Waals surface area contributed by atoms with Gasteiger partial charge >= 0.3 is 0 Å². The number of carbonyl (C=O) groups is 1. The fourth-order valence-electron chi connectivity index (χ4n) is 3.67. The van der Waals surface area contributed by atoms with Crippen molar-refractivity contribution in [1.29, 1.82) is 0 Å². The summed E-state index contributed by atoms with van der Waals surface area (Å²) < 4.78 is 2.10. The van der Waals surface area contributed by atoms with Crippen LogP contribution >= 0.6 is 11.8 Å². The Morgan fingerprint density at radius 3 is 2.42 bits per heavy atom. The molecule has 0 bridgehead atoms. The number of aromatic nitrogens is 3. The van der Waals surface area contributed by atoms with Gasteiger partial charge in [0.2, 0.25) is 5.91 Å². The first-order chi connectivity index (χ1) is 16.1. The zero-order valence-corrected chi connectivity index (χ0v) is 19.8. The second-order valence-electron chi connectivity index (χ2n) is 8.00. The van der Waals surface area contributed by atoms with Crippen LogP contribution in [-0.4, -0.2) is 26.4 Å². The van der Waals surface area contributed by atoms with Crippen LogP contribution in [0.25, 0.3) is 17.1 Å². The summed E-state index contributed by atoms with van der Waals surface area (Å²) in [5.74, 6) is 1.67. The van der Waals surface area contributed by atoms with E-state index >= 15 is 0 Å². The predicted molar refractivity (Wildman–Crippen MR) is 134 cm³/mol. The van der Waals surface area contributed by atoms with Gasteiger partial charge < -0.3 is 5.32 Å². The van der Waals surface area contributed by atoms with E-state index in [1.165, 1.54) is 5.56 Å². The van der Waals surface area contributed by atoms with E-state index in [0.29, 0.717) is 6.42 Å². The Balaban J connectivity index is 1.41. The highest BCUT2D eigenvalue weighted by Crippen LogP contribution is 2.28. The van der Waals surface area contributed by atoms with Crippen LogP contribution < -0.4 is 5.32 Å². The number of carbonyl (C=O) groups excluding carboxylic acids is 1. The lowest BCUT2D eigenvalue weighted by Crippen LogP contribution is -2.26. The number of hydrogen-bond donors (Lipinski definition) is 1. The Kier molecular flexibility index (Phi) is 7.58. The molecule has 4 aromatic rings. The number of nitrogens with one attached hydrogen (secondary N) is 1. The normalized spacial score (nSPS) is 11.8. The minimum Gasteiger partial charge on any atom is -0.350 e. The van der Waals surface area contributed by atoms with E-state index in [9.17, 15) is 4.79 Å². The van der Waals surface area contributed by atoms with Crippen molar-refractivity contribution in [2.24, 2.45) is 0 Å². The molecule has 6 heteroatoms.